The van der Waals surface area contributed by atoms with E-state index in [1.54, 1.807) is 31.2 Å². The summed E-state index contributed by atoms with van der Waals surface area (Å²) in [4.78, 5) is -0.165. The number of anilines is 1. The molecule has 0 aliphatic heterocycles. The van der Waals surface area contributed by atoms with Gasteiger partial charge in [0.05, 0.1) is 5.02 Å². The van der Waals surface area contributed by atoms with E-state index < -0.39 is 21.9 Å². The van der Waals surface area contributed by atoms with Crippen molar-refractivity contribution in [3.05, 3.63) is 58.9 Å². The predicted octanol–water partition coefficient (Wildman–Crippen LogP) is 3.10. The lowest BCUT2D eigenvalue weighted by Crippen LogP contribution is -2.27. The summed E-state index contributed by atoms with van der Waals surface area (Å²) in [5.74, 6) is -0.595. The van der Waals surface area contributed by atoms with Crippen molar-refractivity contribution in [2.75, 3.05) is 5.73 Å². The zero-order valence-electron chi connectivity index (χ0n) is 11.2. The summed E-state index contributed by atoms with van der Waals surface area (Å²) in [6.07, 6.45) is 0. The lowest BCUT2D eigenvalue weighted by atomic mass is 10.1. The quantitative estimate of drug-likeness (QED) is 0.847. The highest BCUT2D eigenvalue weighted by atomic mass is 35.5. The van der Waals surface area contributed by atoms with Crippen LogP contribution in [0.1, 0.15) is 18.5 Å². The topological polar surface area (TPSA) is 72.2 Å². The fourth-order valence-corrected chi connectivity index (χ4v) is 3.65. The van der Waals surface area contributed by atoms with Crippen LogP contribution in [0.25, 0.3) is 0 Å². The molecule has 0 spiro atoms. The second-order valence-corrected chi connectivity index (χ2v) is 6.68. The van der Waals surface area contributed by atoms with Crippen LogP contribution in [0.5, 0.6) is 0 Å². The molecule has 112 valence electrons. The van der Waals surface area contributed by atoms with Crippen molar-refractivity contribution >= 4 is 27.3 Å². The highest BCUT2D eigenvalue weighted by molar-refractivity contribution is 7.89. The third-order valence-corrected chi connectivity index (χ3v) is 4.95. The number of sulfonamides is 1. The van der Waals surface area contributed by atoms with Gasteiger partial charge < -0.3 is 5.73 Å². The van der Waals surface area contributed by atoms with Crippen LogP contribution < -0.4 is 10.5 Å². The Bertz CT molecular complexity index is 765. The lowest BCUT2D eigenvalue weighted by molar-refractivity contribution is 0.566. The zero-order chi connectivity index (χ0) is 15.6. The van der Waals surface area contributed by atoms with Crippen molar-refractivity contribution in [3.63, 3.8) is 0 Å². The molecule has 3 N–H and O–H groups in total. The highest BCUT2D eigenvalue weighted by Crippen LogP contribution is 2.24. The van der Waals surface area contributed by atoms with E-state index in [-0.39, 0.29) is 9.92 Å². The average molecular weight is 329 g/mol. The number of hydrogen-bond donors (Lipinski definition) is 2. The molecule has 2 aromatic carbocycles. The van der Waals surface area contributed by atoms with E-state index in [2.05, 4.69) is 4.72 Å². The molecule has 0 saturated carbocycles. The van der Waals surface area contributed by atoms with Gasteiger partial charge in [-0.05, 0) is 42.8 Å². The Hall–Kier alpha value is -1.63. The van der Waals surface area contributed by atoms with E-state index in [1.807, 2.05) is 0 Å². The van der Waals surface area contributed by atoms with Gasteiger partial charge >= 0.3 is 0 Å². The molecule has 21 heavy (non-hydrogen) atoms. The summed E-state index contributed by atoms with van der Waals surface area (Å²) >= 11 is 5.79. The standard InChI is InChI=1S/C14H14ClFN2O2S/c1-9(10-3-2-4-12(17)7-10)18-21(19,20)14-6-5-11(16)8-13(14)15/h2-9,18H,17H2,1H3. The van der Waals surface area contributed by atoms with Crippen LogP contribution in [0, 0.1) is 5.82 Å². The first-order valence-electron chi connectivity index (χ1n) is 6.12. The minimum atomic E-state index is -3.86. The van der Waals surface area contributed by atoms with Gasteiger partial charge in [0.15, 0.2) is 0 Å². The van der Waals surface area contributed by atoms with Crippen LogP contribution in [0.3, 0.4) is 0 Å². The summed E-state index contributed by atoms with van der Waals surface area (Å²) in [6, 6.07) is 9.52. The van der Waals surface area contributed by atoms with Crippen molar-refractivity contribution in [2.24, 2.45) is 0 Å². The van der Waals surface area contributed by atoms with Gasteiger partial charge in [-0.2, -0.15) is 0 Å². The Morgan fingerprint density at radius 1 is 1.24 bits per heavy atom. The number of nitrogen functional groups attached to an aromatic ring is 1. The molecule has 2 rings (SSSR count). The summed E-state index contributed by atoms with van der Waals surface area (Å²) in [5, 5.41) is -0.165. The molecule has 7 heteroatoms. The second-order valence-electron chi connectivity index (χ2n) is 4.59. The lowest BCUT2D eigenvalue weighted by Gasteiger charge is -2.15. The zero-order valence-corrected chi connectivity index (χ0v) is 12.7. The molecule has 0 saturated heterocycles. The third kappa shape index (κ3) is 3.72. The molecule has 1 atom stereocenters. The van der Waals surface area contributed by atoms with Crippen LogP contribution >= 0.6 is 11.6 Å². The number of benzene rings is 2. The molecule has 0 radical (unpaired) electrons. The molecular formula is C14H14ClFN2O2S. The molecule has 0 aliphatic carbocycles. The van der Waals surface area contributed by atoms with E-state index in [1.165, 1.54) is 0 Å². The Morgan fingerprint density at radius 3 is 2.57 bits per heavy atom. The molecule has 4 nitrogen and oxygen atoms in total. The normalized spacial score (nSPS) is 13.1. The van der Waals surface area contributed by atoms with Crippen LogP contribution in [-0.4, -0.2) is 8.42 Å². The molecule has 0 aliphatic rings. The van der Waals surface area contributed by atoms with Gasteiger partial charge in [-0.1, -0.05) is 23.7 Å². The smallest absolute Gasteiger partial charge is 0.242 e. The Labute approximate surface area is 127 Å². The molecule has 0 bridgehead atoms. The first-order chi connectivity index (χ1) is 9.79. The Balaban J connectivity index is 2.29. The molecular weight excluding hydrogens is 315 g/mol. The average Bonchev–Trinajstić information content (AvgIpc) is 2.37. The summed E-state index contributed by atoms with van der Waals surface area (Å²) in [7, 11) is -3.86. The summed E-state index contributed by atoms with van der Waals surface area (Å²) < 4.78 is 40.0. The van der Waals surface area contributed by atoms with Crippen LogP contribution in [0.2, 0.25) is 5.02 Å². The van der Waals surface area contributed by atoms with Gasteiger partial charge in [0.1, 0.15) is 10.7 Å². The van der Waals surface area contributed by atoms with E-state index in [0.717, 1.165) is 23.8 Å². The van der Waals surface area contributed by atoms with Gasteiger partial charge in [-0.15, -0.1) is 0 Å². The molecule has 0 heterocycles. The largest absolute Gasteiger partial charge is 0.399 e. The fraction of sp³-hybridized carbons (Fsp3) is 0.143. The Kier molecular flexibility index (Phi) is 4.51. The number of rotatable bonds is 4. The molecule has 0 amide bonds. The maximum atomic E-state index is 13.0. The SMILES string of the molecule is CC(NS(=O)(=O)c1ccc(F)cc1Cl)c1cccc(N)c1. The van der Waals surface area contributed by atoms with Crippen LogP contribution in [0.15, 0.2) is 47.4 Å². The molecule has 2 aromatic rings. The number of hydrogen-bond acceptors (Lipinski definition) is 3. The van der Waals surface area contributed by atoms with Crippen molar-refractivity contribution in [1.29, 1.82) is 0 Å². The maximum Gasteiger partial charge on any atom is 0.242 e. The summed E-state index contributed by atoms with van der Waals surface area (Å²) in [5.41, 5.74) is 6.93. The van der Waals surface area contributed by atoms with E-state index >= 15 is 0 Å². The monoisotopic (exact) mass is 328 g/mol. The van der Waals surface area contributed by atoms with Gasteiger partial charge in [0.25, 0.3) is 0 Å². The van der Waals surface area contributed by atoms with Crippen molar-refractivity contribution in [2.45, 2.75) is 17.9 Å². The van der Waals surface area contributed by atoms with Crippen LogP contribution in [-0.2, 0) is 10.0 Å². The third-order valence-electron chi connectivity index (χ3n) is 2.93. The highest BCUT2D eigenvalue weighted by Gasteiger charge is 2.21. The number of nitrogens with two attached hydrogens (primary N) is 1. The number of halogens is 2. The van der Waals surface area contributed by atoms with Crippen molar-refractivity contribution in [1.82, 2.24) is 4.72 Å². The molecule has 0 aromatic heterocycles. The second kappa shape index (κ2) is 6.01. The van der Waals surface area contributed by atoms with Crippen LogP contribution in [0.4, 0.5) is 10.1 Å². The first-order valence-corrected chi connectivity index (χ1v) is 7.98. The van der Waals surface area contributed by atoms with E-state index in [0.29, 0.717) is 5.69 Å². The predicted molar refractivity (Wildman–Crippen MR) is 81.0 cm³/mol. The number of nitrogens with one attached hydrogen (secondary N) is 1. The van der Waals surface area contributed by atoms with Crippen molar-refractivity contribution < 1.29 is 12.8 Å². The van der Waals surface area contributed by atoms with Gasteiger partial charge in [0.2, 0.25) is 10.0 Å². The van der Waals surface area contributed by atoms with Gasteiger partial charge in [-0.25, -0.2) is 17.5 Å². The minimum Gasteiger partial charge on any atom is -0.399 e. The fourth-order valence-electron chi connectivity index (χ4n) is 1.89. The van der Waals surface area contributed by atoms with E-state index in [4.69, 9.17) is 17.3 Å². The minimum absolute atomic E-state index is 0.165. The first kappa shape index (κ1) is 15.8. The van der Waals surface area contributed by atoms with Gasteiger partial charge in [-0.3, -0.25) is 0 Å². The summed E-state index contributed by atoms with van der Waals surface area (Å²) in [6.45, 7) is 1.68. The van der Waals surface area contributed by atoms with Gasteiger partial charge in [0, 0.05) is 11.7 Å². The molecule has 1 unspecified atom stereocenters. The molecule has 0 fully saturated rings. The van der Waals surface area contributed by atoms with Crippen molar-refractivity contribution in [3.8, 4) is 0 Å². The Morgan fingerprint density at radius 2 is 1.95 bits per heavy atom. The maximum absolute atomic E-state index is 13.0. The van der Waals surface area contributed by atoms with E-state index in [9.17, 15) is 12.8 Å².